The van der Waals surface area contributed by atoms with E-state index in [9.17, 15) is 9.59 Å². The fourth-order valence-corrected chi connectivity index (χ4v) is 4.32. The molecular weight excluding hydrogens is 340 g/mol. The lowest BCUT2D eigenvalue weighted by molar-refractivity contribution is -0.144. The second kappa shape index (κ2) is 6.87. The first-order chi connectivity index (χ1) is 12.1. The standard InChI is InChI=1S/C19H23ClN2O3/c20-16-7-3-4-8-17(16)25-15-11-21(12-15)19(24)13-9-18(23)22(10-13)14-5-1-2-6-14/h3-4,7-8,13-15H,1-2,5-6,9-12H2/t13-/m0/s1. The number of nitrogens with zero attached hydrogens (tertiary/aromatic N) is 2. The highest BCUT2D eigenvalue weighted by molar-refractivity contribution is 6.32. The Labute approximate surface area is 152 Å². The molecule has 1 aromatic carbocycles. The zero-order chi connectivity index (χ0) is 17.4. The highest BCUT2D eigenvalue weighted by atomic mass is 35.5. The van der Waals surface area contributed by atoms with Crippen molar-refractivity contribution in [2.45, 2.75) is 44.2 Å². The number of amides is 2. The van der Waals surface area contributed by atoms with Crippen molar-refractivity contribution in [2.24, 2.45) is 5.92 Å². The summed E-state index contributed by atoms with van der Waals surface area (Å²) < 4.78 is 5.84. The molecular formula is C19H23ClN2O3. The van der Waals surface area contributed by atoms with Crippen LogP contribution in [0.3, 0.4) is 0 Å². The Bertz CT molecular complexity index is 668. The van der Waals surface area contributed by atoms with Gasteiger partial charge in [0.25, 0.3) is 0 Å². The minimum absolute atomic E-state index is 0.0214. The van der Waals surface area contributed by atoms with E-state index in [4.69, 9.17) is 16.3 Å². The topological polar surface area (TPSA) is 49.9 Å². The third-order valence-corrected chi connectivity index (χ3v) is 5.88. The van der Waals surface area contributed by atoms with Crippen molar-refractivity contribution in [1.29, 1.82) is 0 Å². The molecule has 1 aromatic rings. The minimum Gasteiger partial charge on any atom is -0.485 e. The summed E-state index contributed by atoms with van der Waals surface area (Å²) >= 11 is 6.10. The average Bonchev–Trinajstić information content (AvgIpc) is 3.20. The van der Waals surface area contributed by atoms with Crippen LogP contribution in [0.2, 0.25) is 5.02 Å². The van der Waals surface area contributed by atoms with Crippen LogP contribution in [0.25, 0.3) is 0 Å². The van der Waals surface area contributed by atoms with Gasteiger partial charge in [0.1, 0.15) is 11.9 Å². The van der Waals surface area contributed by atoms with Gasteiger partial charge in [-0.25, -0.2) is 0 Å². The number of halogens is 1. The van der Waals surface area contributed by atoms with Gasteiger partial charge in [0.15, 0.2) is 0 Å². The SMILES string of the molecule is O=C([C@H]1CC(=O)N(C2CCCC2)C1)N1CC(Oc2ccccc2Cl)C1. The number of hydrogen-bond acceptors (Lipinski definition) is 3. The molecule has 25 heavy (non-hydrogen) atoms. The van der Waals surface area contributed by atoms with Gasteiger partial charge in [-0.2, -0.15) is 0 Å². The van der Waals surface area contributed by atoms with E-state index in [0.29, 0.717) is 42.9 Å². The van der Waals surface area contributed by atoms with E-state index in [0.717, 1.165) is 12.8 Å². The molecule has 1 saturated carbocycles. The molecule has 3 aliphatic rings. The van der Waals surface area contributed by atoms with E-state index < -0.39 is 0 Å². The smallest absolute Gasteiger partial charge is 0.228 e. The van der Waals surface area contributed by atoms with Crippen LogP contribution in [0.5, 0.6) is 5.75 Å². The monoisotopic (exact) mass is 362 g/mol. The molecule has 2 amide bonds. The Morgan fingerprint density at radius 3 is 2.56 bits per heavy atom. The summed E-state index contributed by atoms with van der Waals surface area (Å²) in [4.78, 5) is 28.7. The second-order valence-corrected chi connectivity index (χ2v) is 7.71. The molecule has 0 N–H and O–H groups in total. The van der Waals surface area contributed by atoms with Gasteiger partial charge in [0.2, 0.25) is 11.8 Å². The molecule has 2 aliphatic heterocycles. The van der Waals surface area contributed by atoms with Crippen molar-refractivity contribution in [3.05, 3.63) is 29.3 Å². The maximum atomic E-state index is 12.7. The Kier molecular flexibility index (Phi) is 4.59. The third kappa shape index (κ3) is 3.34. The average molecular weight is 363 g/mol. The first-order valence-corrected chi connectivity index (χ1v) is 9.49. The van der Waals surface area contributed by atoms with Crippen LogP contribution in [0.1, 0.15) is 32.1 Å². The predicted molar refractivity (Wildman–Crippen MR) is 94.5 cm³/mol. The number of carbonyl (C=O) groups excluding carboxylic acids is 2. The van der Waals surface area contributed by atoms with E-state index in [1.165, 1.54) is 12.8 Å². The van der Waals surface area contributed by atoms with Crippen LogP contribution >= 0.6 is 11.6 Å². The quantitative estimate of drug-likeness (QED) is 0.827. The van der Waals surface area contributed by atoms with Crippen molar-refractivity contribution in [2.75, 3.05) is 19.6 Å². The molecule has 0 bridgehead atoms. The lowest BCUT2D eigenvalue weighted by Gasteiger charge is -2.40. The highest BCUT2D eigenvalue weighted by Crippen LogP contribution is 2.32. The highest BCUT2D eigenvalue weighted by Gasteiger charge is 2.43. The van der Waals surface area contributed by atoms with E-state index >= 15 is 0 Å². The summed E-state index contributed by atoms with van der Waals surface area (Å²) in [7, 11) is 0. The zero-order valence-corrected chi connectivity index (χ0v) is 15.0. The van der Waals surface area contributed by atoms with E-state index in [1.54, 1.807) is 11.0 Å². The van der Waals surface area contributed by atoms with Crippen molar-refractivity contribution >= 4 is 23.4 Å². The molecule has 0 spiro atoms. The number of likely N-dealkylation sites (tertiary alicyclic amines) is 2. The molecule has 1 aliphatic carbocycles. The summed E-state index contributed by atoms with van der Waals surface area (Å²) in [5.74, 6) is 0.710. The van der Waals surface area contributed by atoms with Gasteiger partial charge in [-0.1, -0.05) is 36.6 Å². The Morgan fingerprint density at radius 1 is 1.12 bits per heavy atom. The number of para-hydroxylation sites is 1. The molecule has 2 saturated heterocycles. The zero-order valence-electron chi connectivity index (χ0n) is 14.2. The Balaban J connectivity index is 1.29. The molecule has 1 atom stereocenters. The summed E-state index contributed by atoms with van der Waals surface area (Å²) in [6, 6.07) is 7.73. The fourth-order valence-electron chi connectivity index (χ4n) is 4.14. The van der Waals surface area contributed by atoms with Crippen molar-refractivity contribution in [3.8, 4) is 5.75 Å². The van der Waals surface area contributed by atoms with Gasteiger partial charge in [-0.3, -0.25) is 9.59 Å². The van der Waals surface area contributed by atoms with Crippen LogP contribution in [0.4, 0.5) is 0 Å². The normalized spacial score (nSPS) is 24.7. The summed E-state index contributed by atoms with van der Waals surface area (Å²) in [5.41, 5.74) is 0. The molecule has 2 heterocycles. The fraction of sp³-hybridized carbons (Fsp3) is 0.579. The first kappa shape index (κ1) is 16.7. The van der Waals surface area contributed by atoms with Gasteiger partial charge in [-0.15, -0.1) is 0 Å². The van der Waals surface area contributed by atoms with E-state index in [2.05, 4.69) is 0 Å². The van der Waals surface area contributed by atoms with Crippen LogP contribution in [0.15, 0.2) is 24.3 Å². The lowest BCUT2D eigenvalue weighted by Crippen LogP contribution is -2.57. The molecule has 0 aromatic heterocycles. The molecule has 3 fully saturated rings. The van der Waals surface area contributed by atoms with Crippen LogP contribution < -0.4 is 4.74 Å². The second-order valence-electron chi connectivity index (χ2n) is 7.30. The molecule has 4 rings (SSSR count). The largest absolute Gasteiger partial charge is 0.485 e. The van der Waals surface area contributed by atoms with Gasteiger partial charge in [-0.05, 0) is 25.0 Å². The minimum atomic E-state index is -0.186. The Morgan fingerprint density at radius 2 is 1.84 bits per heavy atom. The summed E-state index contributed by atoms with van der Waals surface area (Å²) in [6.07, 6.45) is 4.91. The summed E-state index contributed by atoms with van der Waals surface area (Å²) in [6.45, 7) is 1.73. The molecule has 0 unspecified atom stereocenters. The van der Waals surface area contributed by atoms with Crippen LogP contribution in [-0.4, -0.2) is 53.4 Å². The van der Waals surface area contributed by atoms with E-state index in [1.807, 2.05) is 23.1 Å². The van der Waals surface area contributed by atoms with Crippen LogP contribution in [0, 0.1) is 5.92 Å². The Hall–Kier alpha value is -1.75. The van der Waals surface area contributed by atoms with Crippen molar-refractivity contribution in [1.82, 2.24) is 9.80 Å². The number of rotatable bonds is 4. The van der Waals surface area contributed by atoms with Gasteiger partial charge >= 0.3 is 0 Å². The molecule has 134 valence electrons. The first-order valence-electron chi connectivity index (χ1n) is 9.11. The number of ether oxygens (including phenoxy) is 1. The molecule has 0 radical (unpaired) electrons. The predicted octanol–water partition coefficient (Wildman–Crippen LogP) is 2.72. The van der Waals surface area contributed by atoms with Crippen molar-refractivity contribution < 1.29 is 14.3 Å². The maximum absolute atomic E-state index is 12.7. The molecule has 5 nitrogen and oxygen atoms in total. The van der Waals surface area contributed by atoms with Gasteiger partial charge < -0.3 is 14.5 Å². The maximum Gasteiger partial charge on any atom is 0.228 e. The molecule has 6 heteroatoms. The number of benzene rings is 1. The van der Waals surface area contributed by atoms with Gasteiger partial charge in [0, 0.05) is 19.0 Å². The number of carbonyl (C=O) groups is 2. The number of hydrogen-bond donors (Lipinski definition) is 0. The third-order valence-electron chi connectivity index (χ3n) is 5.56. The van der Waals surface area contributed by atoms with E-state index in [-0.39, 0.29) is 23.8 Å². The lowest BCUT2D eigenvalue weighted by atomic mass is 10.0. The van der Waals surface area contributed by atoms with Crippen LogP contribution in [-0.2, 0) is 9.59 Å². The summed E-state index contributed by atoms with van der Waals surface area (Å²) in [5, 5.41) is 0.584. The van der Waals surface area contributed by atoms with Crippen molar-refractivity contribution in [3.63, 3.8) is 0 Å². The van der Waals surface area contributed by atoms with Gasteiger partial charge in [0.05, 0.1) is 24.0 Å².